The van der Waals surface area contributed by atoms with Crippen LogP contribution in [0.3, 0.4) is 0 Å². The number of carbonyl (C=O) groups is 2. The Morgan fingerprint density at radius 2 is 1.87 bits per heavy atom. The standard InChI is InChI=1S/C7H9ClF3NO3/c1-3-15-5(14)6(8,7(9,10)11)12-4(2)13/h3H2,1-2H3,(H,12,13). The molecule has 0 radical (unpaired) electrons. The summed E-state index contributed by atoms with van der Waals surface area (Å²) in [4.78, 5) is 18.0. The van der Waals surface area contributed by atoms with Gasteiger partial charge in [-0.15, -0.1) is 0 Å². The van der Waals surface area contributed by atoms with Crippen LogP contribution in [0.25, 0.3) is 0 Å². The SMILES string of the molecule is CCOC(=O)C(Cl)(NC(C)=O)C(F)(F)F. The summed E-state index contributed by atoms with van der Waals surface area (Å²) in [5.41, 5.74) is 0. The minimum absolute atomic E-state index is 0.275. The lowest BCUT2D eigenvalue weighted by atomic mass is 10.2. The summed E-state index contributed by atoms with van der Waals surface area (Å²) in [6, 6.07) is 0. The Morgan fingerprint density at radius 1 is 1.40 bits per heavy atom. The maximum atomic E-state index is 12.4. The lowest BCUT2D eigenvalue weighted by Gasteiger charge is -2.27. The van der Waals surface area contributed by atoms with Gasteiger partial charge in [-0.2, -0.15) is 13.2 Å². The summed E-state index contributed by atoms with van der Waals surface area (Å²) in [6.45, 7) is 1.85. The number of halogens is 4. The van der Waals surface area contributed by atoms with Crippen molar-refractivity contribution >= 4 is 23.5 Å². The van der Waals surface area contributed by atoms with Crippen molar-refractivity contribution in [3.8, 4) is 0 Å². The van der Waals surface area contributed by atoms with Crippen LogP contribution in [0.15, 0.2) is 0 Å². The molecular weight excluding hydrogens is 239 g/mol. The molecule has 0 spiro atoms. The van der Waals surface area contributed by atoms with Crippen LogP contribution >= 0.6 is 11.6 Å². The summed E-state index contributed by atoms with van der Waals surface area (Å²) in [5, 5.41) is 1.31. The number of nitrogens with one attached hydrogen (secondary N) is 1. The van der Waals surface area contributed by atoms with Crippen molar-refractivity contribution in [2.75, 3.05) is 6.61 Å². The second kappa shape index (κ2) is 4.69. The van der Waals surface area contributed by atoms with Crippen molar-refractivity contribution in [1.82, 2.24) is 5.32 Å². The first kappa shape index (κ1) is 14.0. The number of hydrogen-bond donors (Lipinski definition) is 1. The van der Waals surface area contributed by atoms with Crippen LogP contribution in [-0.2, 0) is 14.3 Å². The highest BCUT2D eigenvalue weighted by Crippen LogP contribution is 2.35. The highest BCUT2D eigenvalue weighted by Gasteiger charge is 2.61. The molecule has 0 aromatic carbocycles. The van der Waals surface area contributed by atoms with E-state index in [1.165, 1.54) is 12.2 Å². The molecule has 1 amide bonds. The van der Waals surface area contributed by atoms with Crippen molar-refractivity contribution in [2.45, 2.75) is 25.0 Å². The molecule has 0 rings (SSSR count). The minimum atomic E-state index is -5.13. The molecule has 88 valence electrons. The van der Waals surface area contributed by atoms with Gasteiger partial charge in [0.25, 0.3) is 0 Å². The Labute approximate surface area is 88.7 Å². The molecule has 0 aliphatic rings. The molecule has 1 unspecified atom stereocenters. The average molecular weight is 248 g/mol. The fraction of sp³-hybridized carbons (Fsp3) is 0.714. The zero-order chi connectivity index (χ0) is 12.3. The average Bonchev–Trinajstić information content (AvgIpc) is 2.01. The zero-order valence-electron chi connectivity index (χ0n) is 7.94. The molecule has 0 aromatic heterocycles. The predicted molar refractivity (Wildman–Crippen MR) is 45.1 cm³/mol. The summed E-state index contributed by atoms with van der Waals surface area (Å²) in [6.07, 6.45) is -5.13. The maximum absolute atomic E-state index is 12.4. The quantitative estimate of drug-likeness (QED) is 0.463. The van der Waals surface area contributed by atoms with Crippen LogP contribution < -0.4 is 5.32 Å². The van der Waals surface area contributed by atoms with E-state index in [2.05, 4.69) is 4.74 Å². The highest BCUT2D eigenvalue weighted by molar-refractivity contribution is 6.35. The van der Waals surface area contributed by atoms with Gasteiger partial charge in [0.1, 0.15) is 0 Å². The van der Waals surface area contributed by atoms with E-state index in [1.807, 2.05) is 0 Å². The fourth-order valence-electron chi connectivity index (χ4n) is 0.711. The van der Waals surface area contributed by atoms with Gasteiger partial charge in [0.05, 0.1) is 6.61 Å². The topological polar surface area (TPSA) is 55.4 Å². The number of esters is 1. The Balaban J connectivity index is 5.02. The molecular formula is C7H9ClF3NO3. The number of carbonyl (C=O) groups excluding carboxylic acids is 2. The fourth-order valence-corrected chi connectivity index (χ4v) is 0.898. The van der Waals surface area contributed by atoms with Gasteiger partial charge in [-0.3, -0.25) is 4.79 Å². The van der Waals surface area contributed by atoms with Crippen molar-refractivity contribution in [2.24, 2.45) is 0 Å². The minimum Gasteiger partial charge on any atom is -0.463 e. The first-order valence-corrected chi connectivity index (χ1v) is 4.24. The van der Waals surface area contributed by atoms with Crippen LogP contribution in [-0.4, -0.2) is 29.7 Å². The first-order valence-electron chi connectivity index (χ1n) is 3.86. The number of alkyl halides is 4. The molecule has 15 heavy (non-hydrogen) atoms. The van der Waals surface area contributed by atoms with Crippen molar-refractivity contribution in [1.29, 1.82) is 0 Å². The summed E-state index contributed by atoms with van der Waals surface area (Å²) >= 11 is 5.01. The molecule has 0 saturated heterocycles. The second-order valence-electron chi connectivity index (χ2n) is 2.56. The van der Waals surface area contributed by atoms with E-state index in [4.69, 9.17) is 11.6 Å². The van der Waals surface area contributed by atoms with Crippen LogP contribution in [0.2, 0.25) is 0 Å². The Morgan fingerprint density at radius 3 is 2.13 bits per heavy atom. The van der Waals surface area contributed by atoms with E-state index in [0.29, 0.717) is 0 Å². The molecule has 0 aliphatic carbocycles. The summed E-state index contributed by atoms with van der Waals surface area (Å²) in [5.74, 6) is -2.84. The highest BCUT2D eigenvalue weighted by atomic mass is 35.5. The molecule has 0 saturated carbocycles. The van der Waals surface area contributed by atoms with Gasteiger partial charge in [0, 0.05) is 6.92 Å². The molecule has 0 heterocycles. The Kier molecular flexibility index (Phi) is 4.39. The monoisotopic (exact) mass is 247 g/mol. The van der Waals surface area contributed by atoms with Crippen molar-refractivity contribution < 1.29 is 27.5 Å². The molecule has 8 heteroatoms. The number of rotatable bonds is 3. The smallest absolute Gasteiger partial charge is 0.437 e. The van der Waals surface area contributed by atoms with Crippen LogP contribution in [0.1, 0.15) is 13.8 Å². The Bertz CT molecular complexity index is 269. The normalized spacial score (nSPS) is 15.3. The van der Waals surface area contributed by atoms with Gasteiger partial charge in [0.15, 0.2) is 0 Å². The molecule has 1 atom stereocenters. The van der Waals surface area contributed by atoms with E-state index < -0.39 is 23.1 Å². The van der Waals surface area contributed by atoms with Crippen LogP contribution in [0.5, 0.6) is 0 Å². The van der Waals surface area contributed by atoms with E-state index in [1.54, 1.807) is 0 Å². The largest absolute Gasteiger partial charge is 0.463 e. The number of ether oxygens (including phenoxy) is 1. The van der Waals surface area contributed by atoms with E-state index in [9.17, 15) is 22.8 Å². The van der Waals surface area contributed by atoms with Gasteiger partial charge in [-0.1, -0.05) is 11.6 Å². The van der Waals surface area contributed by atoms with Crippen molar-refractivity contribution in [3.05, 3.63) is 0 Å². The lowest BCUT2D eigenvalue weighted by Crippen LogP contribution is -2.60. The van der Waals surface area contributed by atoms with E-state index in [0.717, 1.165) is 6.92 Å². The van der Waals surface area contributed by atoms with E-state index in [-0.39, 0.29) is 6.61 Å². The molecule has 1 N–H and O–H groups in total. The van der Waals surface area contributed by atoms with Gasteiger partial charge in [0.2, 0.25) is 5.91 Å². The molecule has 0 fully saturated rings. The van der Waals surface area contributed by atoms with Crippen LogP contribution in [0, 0.1) is 0 Å². The van der Waals surface area contributed by atoms with E-state index >= 15 is 0 Å². The van der Waals surface area contributed by atoms with Gasteiger partial charge in [-0.05, 0) is 6.92 Å². The predicted octanol–water partition coefficient (Wildman–Crippen LogP) is 1.18. The summed E-state index contributed by atoms with van der Waals surface area (Å²) < 4.78 is 41.3. The zero-order valence-corrected chi connectivity index (χ0v) is 8.70. The molecule has 0 bridgehead atoms. The van der Waals surface area contributed by atoms with Crippen LogP contribution in [0.4, 0.5) is 13.2 Å². The van der Waals surface area contributed by atoms with Crippen molar-refractivity contribution in [3.63, 3.8) is 0 Å². The first-order chi connectivity index (χ1) is 6.65. The molecule has 0 aliphatic heterocycles. The number of hydrogen-bond acceptors (Lipinski definition) is 3. The number of amides is 1. The molecule has 0 aromatic rings. The third-order valence-electron chi connectivity index (χ3n) is 1.30. The summed E-state index contributed by atoms with van der Waals surface area (Å²) in [7, 11) is 0. The third kappa shape index (κ3) is 3.26. The lowest BCUT2D eigenvalue weighted by molar-refractivity contribution is -0.195. The third-order valence-corrected chi connectivity index (χ3v) is 1.76. The van der Waals surface area contributed by atoms with Gasteiger partial charge < -0.3 is 10.1 Å². The van der Waals surface area contributed by atoms with Gasteiger partial charge >= 0.3 is 17.1 Å². The van der Waals surface area contributed by atoms with Gasteiger partial charge in [-0.25, -0.2) is 4.79 Å². The maximum Gasteiger partial charge on any atom is 0.437 e. The second-order valence-corrected chi connectivity index (χ2v) is 3.12. The molecule has 4 nitrogen and oxygen atoms in total. The Hall–Kier alpha value is -0.980.